The van der Waals surface area contributed by atoms with Crippen LogP contribution in [-0.2, 0) is 9.84 Å². The van der Waals surface area contributed by atoms with E-state index in [4.69, 9.17) is 0 Å². The van der Waals surface area contributed by atoms with E-state index in [1.54, 1.807) is 12.3 Å². The molecule has 0 fully saturated rings. The number of rotatable bonds is 3. The van der Waals surface area contributed by atoms with E-state index >= 15 is 0 Å². The van der Waals surface area contributed by atoms with Gasteiger partial charge in [-0.15, -0.1) is 0 Å². The molecule has 0 saturated heterocycles. The minimum absolute atomic E-state index is 0.230. The van der Waals surface area contributed by atoms with Crippen molar-refractivity contribution in [1.82, 2.24) is 4.98 Å². The number of pyridine rings is 1. The molecule has 0 aliphatic rings. The number of nitrogens with zero attached hydrogens (tertiary/aromatic N) is 1. The molecule has 0 spiro atoms. The van der Waals surface area contributed by atoms with Crippen molar-refractivity contribution in [3.05, 3.63) is 71.6 Å². The van der Waals surface area contributed by atoms with E-state index < -0.39 is 26.4 Å². The highest BCUT2D eigenvalue weighted by Gasteiger charge is 2.22. The summed E-state index contributed by atoms with van der Waals surface area (Å²) in [5.74, 6) is -2.23. The molecule has 0 saturated carbocycles. The number of aryl methyl sites for hydroxylation is 2. The molecule has 3 rings (SSSR count). The molecular weight excluding hydrogens is 356 g/mol. The third-order valence-electron chi connectivity index (χ3n) is 4.32. The van der Waals surface area contributed by atoms with E-state index in [-0.39, 0.29) is 5.56 Å². The van der Waals surface area contributed by atoms with Gasteiger partial charge in [0.05, 0.1) is 0 Å². The van der Waals surface area contributed by atoms with Crippen LogP contribution in [-0.4, -0.2) is 19.7 Å². The van der Waals surface area contributed by atoms with E-state index in [0.717, 1.165) is 40.6 Å². The molecular formula is C20H17F2NO2S. The number of aromatic nitrogens is 1. The summed E-state index contributed by atoms with van der Waals surface area (Å²) in [5.41, 5.74) is 4.63. The summed E-state index contributed by atoms with van der Waals surface area (Å²) in [6.07, 6.45) is 3.89. The van der Waals surface area contributed by atoms with Crippen molar-refractivity contribution in [1.29, 1.82) is 0 Å². The summed E-state index contributed by atoms with van der Waals surface area (Å²) in [6.45, 7) is 3.99. The van der Waals surface area contributed by atoms with Gasteiger partial charge in [0, 0.05) is 24.2 Å². The first kappa shape index (κ1) is 18.2. The van der Waals surface area contributed by atoms with Crippen LogP contribution in [0.15, 0.2) is 53.7 Å². The number of hydrogen-bond donors (Lipinski definition) is 0. The van der Waals surface area contributed by atoms with Crippen molar-refractivity contribution in [3.8, 4) is 22.3 Å². The van der Waals surface area contributed by atoms with Crippen LogP contribution in [0.1, 0.15) is 11.1 Å². The zero-order chi connectivity index (χ0) is 19.1. The van der Waals surface area contributed by atoms with Crippen molar-refractivity contribution in [2.45, 2.75) is 18.7 Å². The normalized spacial score (nSPS) is 11.6. The first-order chi connectivity index (χ1) is 12.2. The Balaban J connectivity index is 2.22. The Morgan fingerprint density at radius 1 is 0.846 bits per heavy atom. The Hall–Kier alpha value is -2.60. The van der Waals surface area contributed by atoms with E-state index in [1.165, 1.54) is 6.20 Å². The van der Waals surface area contributed by atoms with Gasteiger partial charge in [-0.3, -0.25) is 4.98 Å². The Morgan fingerprint density at radius 3 is 2.08 bits per heavy atom. The molecule has 0 unspecified atom stereocenters. The van der Waals surface area contributed by atoms with Gasteiger partial charge in [-0.25, -0.2) is 17.2 Å². The van der Waals surface area contributed by atoms with Gasteiger partial charge in [0.15, 0.2) is 9.84 Å². The van der Waals surface area contributed by atoms with Crippen LogP contribution >= 0.6 is 0 Å². The molecule has 3 aromatic rings. The minimum atomic E-state index is -4.00. The van der Waals surface area contributed by atoms with Crippen LogP contribution in [0.5, 0.6) is 0 Å². The van der Waals surface area contributed by atoms with Gasteiger partial charge in [0.2, 0.25) is 0 Å². The molecule has 0 amide bonds. The van der Waals surface area contributed by atoms with Crippen LogP contribution in [0.2, 0.25) is 0 Å². The summed E-state index contributed by atoms with van der Waals surface area (Å²) in [7, 11) is -4.00. The fraction of sp³-hybridized carbons (Fsp3) is 0.150. The van der Waals surface area contributed by atoms with Crippen LogP contribution in [0.25, 0.3) is 22.3 Å². The molecule has 6 heteroatoms. The zero-order valence-electron chi connectivity index (χ0n) is 14.5. The van der Waals surface area contributed by atoms with Crippen molar-refractivity contribution in [3.63, 3.8) is 0 Å². The summed E-state index contributed by atoms with van der Waals surface area (Å²) < 4.78 is 51.8. The van der Waals surface area contributed by atoms with E-state index in [1.807, 2.05) is 32.0 Å². The average molecular weight is 373 g/mol. The van der Waals surface area contributed by atoms with Gasteiger partial charge >= 0.3 is 0 Å². The van der Waals surface area contributed by atoms with Gasteiger partial charge in [0.25, 0.3) is 0 Å². The number of sulfone groups is 1. The molecule has 2 aromatic carbocycles. The Labute approximate surface area is 151 Å². The molecule has 3 nitrogen and oxygen atoms in total. The van der Waals surface area contributed by atoms with Crippen LogP contribution in [0.3, 0.4) is 0 Å². The van der Waals surface area contributed by atoms with Crippen molar-refractivity contribution >= 4 is 9.84 Å². The molecule has 1 heterocycles. The Kier molecular flexibility index (Phi) is 4.63. The smallest absolute Gasteiger partial charge is 0.181 e. The predicted molar refractivity (Wildman–Crippen MR) is 97.6 cm³/mol. The van der Waals surface area contributed by atoms with Gasteiger partial charge in [-0.2, -0.15) is 0 Å². The molecule has 26 heavy (non-hydrogen) atoms. The molecule has 134 valence electrons. The van der Waals surface area contributed by atoms with Crippen molar-refractivity contribution < 1.29 is 17.2 Å². The molecule has 0 aliphatic carbocycles. The van der Waals surface area contributed by atoms with E-state index in [2.05, 4.69) is 4.98 Å². The summed E-state index contributed by atoms with van der Waals surface area (Å²) >= 11 is 0. The highest BCUT2D eigenvalue weighted by Crippen LogP contribution is 2.34. The minimum Gasteiger partial charge on any atom is -0.264 e. The third-order valence-corrected chi connectivity index (χ3v) is 5.45. The molecule has 1 aromatic heterocycles. The molecule has 0 radical (unpaired) electrons. The third kappa shape index (κ3) is 3.37. The van der Waals surface area contributed by atoms with Gasteiger partial charge in [-0.05, 0) is 59.9 Å². The molecule has 0 bridgehead atoms. The standard InChI is InChI=1S/C20H17F2NO2S/c1-12-4-5-14(8-13(12)2)16-6-7-23-11-17(16)15-9-18(21)20(19(22)10-15)26(3,24)25/h4-11H,1-3H3. The second-order valence-corrected chi connectivity index (χ2v) is 8.21. The van der Waals surface area contributed by atoms with E-state index in [9.17, 15) is 17.2 Å². The van der Waals surface area contributed by atoms with E-state index in [0.29, 0.717) is 5.56 Å². The lowest BCUT2D eigenvalue weighted by molar-refractivity contribution is 0.522. The fourth-order valence-electron chi connectivity index (χ4n) is 2.85. The molecule has 0 aliphatic heterocycles. The Morgan fingerprint density at radius 2 is 1.50 bits per heavy atom. The number of hydrogen-bond acceptors (Lipinski definition) is 3. The van der Waals surface area contributed by atoms with Crippen molar-refractivity contribution in [2.75, 3.05) is 6.26 Å². The van der Waals surface area contributed by atoms with Gasteiger partial charge < -0.3 is 0 Å². The first-order valence-electron chi connectivity index (χ1n) is 7.89. The second-order valence-electron chi connectivity index (χ2n) is 6.26. The highest BCUT2D eigenvalue weighted by molar-refractivity contribution is 7.90. The predicted octanol–water partition coefficient (Wildman–Crippen LogP) is 4.71. The van der Waals surface area contributed by atoms with Crippen molar-refractivity contribution in [2.24, 2.45) is 0 Å². The van der Waals surface area contributed by atoms with Gasteiger partial charge in [0.1, 0.15) is 16.5 Å². The number of halogens is 2. The van der Waals surface area contributed by atoms with Crippen LogP contribution < -0.4 is 0 Å². The largest absolute Gasteiger partial charge is 0.264 e. The topological polar surface area (TPSA) is 47.0 Å². The summed E-state index contributed by atoms with van der Waals surface area (Å²) in [6, 6.07) is 9.72. The van der Waals surface area contributed by atoms with Crippen LogP contribution in [0.4, 0.5) is 8.78 Å². The number of benzene rings is 2. The summed E-state index contributed by atoms with van der Waals surface area (Å²) in [5, 5.41) is 0. The zero-order valence-corrected chi connectivity index (χ0v) is 15.4. The quantitative estimate of drug-likeness (QED) is 0.668. The monoisotopic (exact) mass is 373 g/mol. The maximum absolute atomic E-state index is 14.3. The lowest BCUT2D eigenvalue weighted by atomic mass is 9.94. The lowest BCUT2D eigenvalue weighted by Crippen LogP contribution is -2.05. The second kappa shape index (κ2) is 6.61. The first-order valence-corrected chi connectivity index (χ1v) is 9.78. The maximum atomic E-state index is 14.3. The SMILES string of the molecule is Cc1ccc(-c2ccncc2-c2cc(F)c(S(C)(=O)=O)c(F)c2)cc1C. The fourth-order valence-corrected chi connectivity index (χ4v) is 3.68. The Bertz CT molecular complexity index is 1090. The maximum Gasteiger partial charge on any atom is 0.181 e. The van der Waals surface area contributed by atoms with Gasteiger partial charge in [-0.1, -0.05) is 18.2 Å². The average Bonchev–Trinajstić information content (AvgIpc) is 2.55. The lowest BCUT2D eigenvalue weighted by Gasteiger charge is -2.12. The highest BCUT2D eigenvalue weighted by atomic mass is 32.2. The summed E-state index contributed by atoms with van der Waals surface area (Å²) in [4.78, 5) is 3.14. The molecule has 0 N–H and O–H groups in total. The molecule has 0 atom stereocenters. The van der Waals surface area contributed by atoms with Crippen LogP contribution in [0, 0.1) is 25.5 Å².